The molecule has 0 spiro atoms. The first kappa shape index (κ1) is 11.7. The van der Waals surface area contributed by atoms with Crippen LogP contribution in [0.3, 0.4) is 0 Å². The SMILES string of the molecule is CC(C)(C)c1ccc(C(=O)SS)cc1. The zero-order chi connectivity index (χ0) is 10.8. The van der Waals surface area contributed by atoms with Crippen LogP contribution in [-0.2, 0) is 5.41 Å². The summed E-state index contributed by atoms with van der Waals surface area (Å²) >= 11 is 3.88. The van der Waals surface area contributed by atoms with E-state index in [1.165, 1.54) is 5.56 Å². The summed E-state index contributed by atoms with van der Waals surface area (Å²) in [6.45, 7) is 6.45. The fourth-order valence-corrected chi connectivity index (χ4v) is 1.72. The molecule has 0 bridgehead atoms. The first-order valence-electron chi connectivity index (χ1n) is 4.41. The Morgan fingerprint density at radius 2 is 1.71 bits per heavy atom. The highest BCUT2D eigenvalue weighted by Gasteiger charge is 2.13. The number of rotatable bonds is 1. The van der Waals surface area contributed by atoms with Crippen molar-refractivity contribution in [3.63, 3.8) is 0 Å². The summed E-state index contributed by atoms with van der Waals surface area (Å²) in [5.41, 5.74) is 2.08. The third-order valence-electron chi connectivity index (χ3n) is 2.07. The van der Waals surface area contributed by atoms with E-state index >= 15 is 0 Å². The van der Waals surface area contributed by atoms with E-state index in [0.717, 1.165) is 10.8 Å². The van der Waals surface area contributed by atoms with Crippen molar-refractivity contribution in [1.29, 1.82) is 0 Å². The topological polar surface area (TPSA) is 17.1 Å². The molecule has 14 heavy (non-hydrogen) atoms. The second-order valence-electron chi connectivity index (χ2n) is 4.21. The maximum atomic E-state index is 11.3. The maximum Gasteiger partial charge on any atom is 0.229 e. The monoisotopic (exact) mass is 226 g/mol. The molecule has 0 aliphatic carbocycles. The van der Waals surface area contributed by atoms with Crippen molar-refractivity contribution in [3.8, 4) is 0 Å². The Kier molecular flexibility index (Phi) is 3.67. The smallest absolute Gasteiger partial charge is 0.229 e. The van der Waals surface area contributed by atoms with Gasteiger partial charge >= 0.3 is 0 Å². The highest BCUT2D eigenvalue weighted by atomic mass is 33.1. The molecule has 0 saturated carbocycles. The molecule has 0 heterocycles. The fourth-order valence-electron chi connectivity index (χ4n) is 1.16. The lowest BCUT2D eigenvalue weighted by atomic mass is 9.87. The number of hydrogen-bond donors (Lipinski definition) is 1. The van der Waals surface area contributed by atoms with Crippen molar-refractivity contribution in [2.45, 2.75) is 26.2 Å². The first-order chi connectivity index (χ1) is 6.45. The summed E-state index contributed by atoms with van der Waals surface area (Å²) in [5, 5.41) is -0.00575. The van der Waals surface area contributed by atoms with E-state index in [1.54, 1.807) is 0 Å². The molecule has 1 nitrogen and oxygen atoms in total. The number of carbonyl (C=O) groups excluding carboxylic acids is 1. The van der Waals surface area contributed by atoms with Crippen molar-refractivity contribution < 1.29 is 4.79 Å². The molecule has 0 saturated heterocycles. The Morgan fingerprint density at radius 1 is 1.21 bits per heavy atom. The van der Waals surface area contributed by atoms with Crippen molar-refractivity contribution in [3.05, 3.63) is 35.4 Å². The van der Waals surface area contributed by atoms with Crippen LogP contribution in [0.25, 0.3) is 0 Å². The van der Waals surface area contributed by atoms with Gasteiger partial charge in [0.1, 0.15) is 0 Å². The van der Waals surface area contributed by atoms with Gasteiger partial charge in [0.25, 0.3) is 0 Å². The molecular weight excluding hydrogens is 212 g/mol. The molecule has 0 aromatic heterocycles. The standard InChI is InChI=1S/C11H14OS2/c1-11(2,3)9-6-4-8(5-7-9)10(12)14-13/h4-7,13H,1-3H3. The van der Waals surface area contributed by atoms with Gasteiger partial charge in [0, 0.05) is 5.56 Å². The van der Waals surface area contributed by atoms with Crippen molar-refractivity contribution >= 4 is 27.6 Å². The number of carbonyl (C=O) groups is 1. The van der Waals surface area contributed by atoms with E-state index < -0.39 is 0 Å². The molecule has 76 valence electrons. The molecule has 1 aromatic rings. The van der Waals surface area contributed by atoms with Gasteiger partial charge in [-0.2, -0.15) is 0 Å². The largest absolute Gasteiger partial charge is 0.281 e. The second-order valence-corrected chi connectivity index (χ2v) is 5.31. The van der Waals surface area contributed by atoms with E-state index in [4.69, 9.17) is 0 Å². The highest BCUT2D eigenvalue weighted by molar-refractivity contribution is 8.75. The lowest BCUT2D eigenvalue weighted by molar-refractivity contribution is 0.109. The summed E-state index contributed by atoms with van der Waals surface area (Å²) in [6.07, 6.45) is 0. The average Bonchev–Trinajstić information content (AvgIpc) is 2.15. The van der Waals surface area contributed by atoms with Crippen molar-refractivity contribution in [1.82, 2.24) is 0 Å². The lowest BCUT2D eigenvalue weighted by Gasteiger charge is -2.18. The van der Waals surface area contributed by atoms with Gasteiger partial charge in [0.05, 0.1) is 0 Å². The average molecular weight is 226 g/mol. The van der Waals surface area contributed by atoms with Gasteiger partial charge in [0.2, 0.25) is 5.12 Å². The molecule has 0 atom stereocenters. The van der Waals surface area contributed by atoms with Gasteiger partial charge in [-0.15, -0.1) is 11.7 Å². The zero-order valence-electron chi connectivity index (χ0n) is 8.57. The second kappa shape index (κ2) is 4.41. The van der Waals surface area contributed by atoms with Crippen molar-refractivity contribution in [2.75, 3.05) is 0 Å². The Bertz CT molecular complexity index is 322. The minimum absolute atomic E-state index is 0.00575. The number of hydrogen-bond acceptors (Lipinski definition) is 3. The molecule has 3 heteroatoms. The Labute approximate surface area is 94.1 Å². The van der Waals surface area contributed by atoms with Crippen LogP contribution in [0.1, 0.15) is 36.7 Å². The molecule has 1 rings (SSSR count). The third kappa shape index (κ3) is 2.79. The van der Waals surface area contributed by atoms with E-state index in [1.807, 2.05) is 24.3 Å². The minimum Gasteiger partial charge on any atom is -0.281 e. The zero-order valence-corrected chi connectivity index (χ0v) is 10.3. The molecule has 0 amide bonds. The van der Waals surface area contributed by atoms with Gasteiger partial charge in [-0.3, -0.25) is 4.79 Å². The van der Waals surface area contributed by atoms with Crippen LogP contribution < -0.4 is 0 Å². The fraction of sp³-hybridized carbons (Fsp3) is 0.364. The normalized spacial score (nSPS) is 11.4. The molecule has 0 aliphatic rings. The lowest BCUT2D eigenvalue weighted by Crippen LogP contribution is -2.10. The van der Waals surface area contributed by atoms with Crippen LogP contribution in [0.15, 0.2) is 24.3 Å². The van der Waals surface area contributed by atoms with Crippen LogP contribution in [0.5, 0.6) is 0 Å². The van der Waals surface area contributed by atoms with E-state index in [0.29, 0.717) is 5.56 Å². The molecule has 0 radical (unpaired) electrons. The Balaban J connectivity index is 2.95. The number of thiol groups is 1. The Morgan fingerprint density at radius 3 is 2.07 bits per heavy atom. The van der Waals surface area contributed by atoms with Crippen LogP contribution in [0.4, 0.5) is 0 Å². The number of benzene rings is 1. The van der Waals surface area contributed by atoms with Gasteiger partial charge in [-0.25, -0.2) is 0 Å². The van der Waals surface area contributed by atoms with E-state index in [2.05, 4.69) is 32.4 Å². The highest BCUT2D eigenvalue weighted by Crippen LogP contribution is 2.23. The maximum absolute atomic E-state index is 11.3. The summed E-state index contributed by atoms with van der Waals surface area (Å²) in [4.78, 5) is 11.3. The van der Waals surface area contributed by atoms with Crippen LogP contribution in [0, 0.1) is 0 Å². The summed E-state index contributed by atoms with van der Waals surface area (Å²) in [7, 11) is 0.947. The summed E-state index contributed by atoms with van der Waals surface area (Å²) < 4.78 is 0. The van der Waals surface area contributed by atoms with Crippen LogP contribution in [0.2, 0.25) is 0 Å². The van der Waals surface area contributed by atoms with Gasteiger partial charge in [0.15, 0.2) is 0 Å². The van der Waals surface area contributed by atoms with Crippen LogP contribution >= 0.6 is 22.5 Å². The van der Waals surface area contributed by atoms with E-state index in [-0.39, 0.29) is 10.5 Å². The first-order valence-corrected chi connectivity index (χ1v) is 6.28. The summed E-state index contributed by atoms with van der Waals surface area (Å²) in [5.74, 6) is 0. The van der Waals surface area contributed by atoms with Crippen LogP contribution in [-0.4, -0.2) is 5.12 Å². The van der Waals surface area contributed by atoms with Gasteiger partial charge < -0.3 is 0 Å². The van der Waals surface area contributed by atoms with Crippen molar-refractivity contribution in [2.24, 2.45) is 0 Å². The quantitative estimate of drug-likeness (QED) is 0.581. The van der Waals surface area contributed by atoms with E-state index in [9.17, 15) is 4.79 Å². The third-order valence-corrected chi connectivity index (χ3v) is 2.97. The minimum atomic E-state index is -0.00575. The predicted octanol–water partition coefficient (Wildman–Crippen LogP) is 3.70. The molecule has 0 N–H and O–H groups in total. The molecular formula is C11H14OS2. The summed E-state index contributed by atoms with van der Waals surface area (Å²) in [6, 6.07) is 7.70. The molecule has 0 unspecified atom stereocenters. The molecule has 0 fully saturated rings. The predicted molar refractivity (Wildman–Crippen MR) is 66.0 cm³/mol. The molecule has 1 aromatic carbocycles. The molecule has 0 aliphatic heterocycles. The van der Waals surface area contributed by atoms with Gasteiger partial charge in [-0.05, 0) is 21.8 Å². The van der Waals surface area contributed by atoms with Gasteiger partial charge in [-0.1, -0.05) is 45.0 Å². The Hall–Kier alpha value is -0.410.